The molecule has 0 aromatic carbocycles. The maximum atomic E-state index is 12.0. The highest BCUT2D eigenvalue weighted by Crippen LogP contribution is 2.33. The molecule has 2 fully saturated rings. The Morgan fingerprint density at radius 3 is 2.76 bits per heavy atom. The molecule has 4 atom stereocenters. The van der Waals surface area contributed by atoms with Gasteiger partial charge in [-0.1, -0.05) is 19.8 Å². The van der Waals surface area contributed by atoms with Crippen LogP contribution in [0.2, 0.25) is 0 Å². The van der Waals surface area contributed by atoms with Gasteiger partial charge in [0.25, 0.3) is 0 Å². The molecule has 2 aliphatic rings. The van der Waals surface area contributed by atoms with Crippen molar-refractivity contribution in [3.05, 3.63) is 0 Å². The second kappa shape index (κ2) is 7.66. The number of rotatable bonds is 5. The molecule has 0 bridgehead atoms. The fourth-order valence-electron chi connectivity index (χ4n) is 3.78. The molecule has 1 aliphatic heterocycles. The smallest absolute Gasteiger partial charge is 0.164 e. The van der Waals surface area contributed by atoms with E-state index in [2.05, 4.69) is 11.8 Å². The zero-order valence-corrected chi connectivity index (χ0v) is 15.0. The van der Waals surface area contributed by atoms with E-state index in [9.17, 15) is 8.42 Å². The van der Waals surface area contributed by atoms with Gasteiger partial charge in [0.1, 0.15) is 5.37 Å². The highest BCUT2D eigenvalue weighted by atomic mass is 32.2. The summed E-state index contributed by atoms with van der Waals surface area (Å²) >= 11 is 1.75. The number of nitrogens with zero attached hydrogens (tertiary/aromatic N) is 1. The van der Waals surface area contributed by atoms with Gasteiger partial charge in [-0.25, -0.2) is 8.42 Å². The molecule has 1 saturated carbocycles. The molecule has 6 heteroatoms. The van der Waals surface area contributed by atoms with Crippen LogP contribution in [-0.2, 0) is 9.84 Å². The van der Waals surface area contributed by atoms with Crippen molar-refractivity contribution in [2.45, 2.75) is 50.4 Å². The molecule has 21 heavy (non-hydrogen) atoms. The van der Waals surface area contributed by atoms with Crippen LogP contribution in [0.3, 0.4) is 0 Å². The summed E-state index contributed by atoms with van der Waals surface area (Å²) in [5.41, 5.74) is 6.33. The lowest BCUT2D eigenvalue weighted by Gasteiger charge is -2.41. The van der Waals surface area contributed by atoms with Crippen molar-refractivity contribution in [3.8, 4) is 0 Å². The molecule has 124 valence electrons. The first-order chi connectivity index (χ1) is 9.91. The first-order valence-electron chi connectivity index (χ1n) is 8.18. The van der Waals surface area contributed by atoms with Crippen molar-refractivity contribution >= 4 is 21.6 Å². The Hall–Kier alpha value is 0.220. The fourth-order valence-corrected chi connectivity index (χ4v) is 6.74. The van der Waals surface area contributed by atoms with E-state index in [0.717, 1.165) is 31.2 Å². The molecule has 4 unspecified atom stereocenters. The van der Waals surface area contributed by atoms with Gasteiger partial charge in [0.2, 0.25) is 0 Å². The van der Waals surface area contributed by atoms with Crippen LogP contribution in [0.5, 0.6) is 0 Å². The van der Waals surface area contributed by atoms with E-state index in [0.29, 0.717) is 11.7 Å². The average molecular weight is 335 g/mol. The monoisotopic (exact) mass is 334 g/mol. The molecular formula is C15H30N2O2S2. The molecule has 1 saturated heterocycles. The van der Waals surface area contributed by atoms with Crippen LogP contribution in [-0.4, -0.2) is 55.6 Å². The predicted octanol–water partition coefficient (Wildman–Crippen LogP) is 1.95. The van der Waals surface area contributed by atoms with Crippen LogP contribution in [0, 0.1) is 11.8 Å². The molecule has 0 radical (unpaired) electrons. The van der Waals surface area contributed by atoms with Gasteiger partial charge in [-0.05, 0) is 31.1 Å². The third-order valence-corrected chi connectivity index (χ3v) is 7.69. The van der Waals surface area contributed by atoms with E-state index in [1.54, 1.807) is 11.8 Å². The van der Waals surface area contributed by atoms with Crippen LogP contribution < -0.4 is 5.73 Å². The maximum Gasteiger partial charge on any atom is 0.164 e. The summed E-state index contributed by atoms with van der Waals surface area (Å²) in [4.78, 5) is 2.19. The largest absolute Gasteiger partial charge is 0.327 e. The standard InChI is InChI=1S/C15H30N2O2S2/c1-3-4-12-5-6-14(16)13(9-12)10-17-7-8-20-11-15(17)21(2,18)19/h12-15H,3-11,16H2,1-2H3. The Morgan fingerprint density at radius 1 is 1.33 bits per heavy atom. The van der Waals surface area contributed by atoms with Crippen LogP contribution in [0.1, 0.15) is 39.0 Å². The molecule has 1 heterocycles. The Morgan fingerprint density at radius 2 is 2.10 bits per heavy atom. The lowest BCUT2D eigenvalue weighted by atomic mass is 9.76. The Labute approximate surface area is 134 Å². The van der Waals surface area contributed by atoms with Crippen molar-refractivity contribution in [2.24, 2.45) is 17.6 Å². The zero-order valence-electron chi connectivity index (χ0n) is 13.3. The minimum atomic E-state index is -3.00. The quantitative estimate of drug-likeness (QED) is 0.832. The van der Waals surface area contributed by atoms with Gasteiger partial charge in [-0.2, -0.15) is 11.8 Å². The zero-order chi connectivity index (χ0) is 15.5. The summed E-state index contributed by atoms with van der Waals surface area (Å²) in [7, 11) is -3.00. The second-order valence-electron chi connectivity index (χ2n) is 6.75. The fraction of sp³-hybridized carbons (Fsp3) is 1.00. The summed E-state index contributed by atoms with van der Waals surface area (Å²) in [6.45, 7) is 3.98. The van der Waals surface area contributed by atoms with Gasteiger partial charge in [0, 0.05) is 36.9 Å². The van der Waals surface area contributed by atoms with E-state index >= 15 is 0 Å². The number of thioether (sulfide) groups is 1. The van der Waals surface area contributed by atoms with Crippen molar-refractivity contribution in [1.82, 2.24) is 4.90 Å². The predicted molar refractivity (Wildman–Crippen MR) is 91.2 cm³/mol. The maximum absolute atomic E-state index is 12.0. The van der Waals surface area contributed by atoms with Crippen molar-refractivity contribution in [2.75, 3.05) is 30.9 Å². The molecule has 4 nitrogen and oxygen atoms in total. The van der Waals surface area contributed by atoms with Gasteiger partial charge < -0.3 is 5.73 Å². The van der Waals surface area contributed by atoms with Crippen LogP contribution >= 0.6 is 11.8 Å². The summed E-state index contributed by atoms with van der Waals surface area (Å²) < 4.78 is 24.0. The number of hydrogen-bond acceptors (Lipinski definition) is 5. The third kappa shape index (κ3) is 4.85. The second-order valence-corrected chi connectivity index (χ2v) is 10.1. The molecule has 0 amide bonds. The van der Waals surface area contributed by atoms with Gasteiger partial charge in [-0.15, -0.1) is 0 Å². The topological polar surface area (TPSA) is 63.4 Å². The summed E-state index contributed by atoms with van der Waals surface area (Å²) in [5.74, 6) is 2.99. The number of nitrogens with two attached hydrogens (primary N) is 1. The van der Waals surface area contributed by atoms with Crippen molar-refractivity contribution < 1.29 is 8.42 Å². The van der Waals surface area contributed by atoms with E-state index in [1.165, 1.54) is 31.9 Å². The van der Waals surface area contributed by atoms with E-state index in [1.807, 2.05) is 0 Å². The normalized spacial score (nSPS) is 35.8. The van der Waals surface area contributed by atoms with E-state index in [4.69, 9.17) is 5.73 Å². The summed E-state index contributed by atoms with van der Waals surface area (Å²) in [6.07, 6.45) is 7.41. The number of sulfone groups is 1. The minimum absolute atomic E-state index is 0.243. The molecule has 0 spiro atoms. The lowest BCUT2D eigenvalue weighted by Crippen LogP contribution is -2.51. The molecule has 0 aromatic rings. The SMILES string of the molecule is CCCC1CCC(N)C(CN2CCSCC2S(C)(=O)=O)C1. The summed E-state index contributed by atoms with van der Waals surface area (Å²) in [6, 6.07) is 0.243. The van der Waals surface area contributed by atoms with E-state index < -0.39 is 9.84 Å². The number of hydrogen-bond donors (Lipinski definition) is 1. The molecule has 2 N–H and O–H groups in total. The van der Waals surface area contributed by atoms with Gasteiger partial charge in [-0.3, -0.25) is 4.90 Å². The first kappa shape index (κ1) is 17.6. The van der Waals surface area contributed by atoms with Crippen molar-refractivity contribution in [1.29, 1.82) is 0 Å². The highest BCUT2D eigenvalue weighted by Gasteiger charge is 2.35. The van der Waals surface area contributed by atoms with Gasteiger partial charge >= 0.3 is 0 Å². The third-order valence-electron chi connectivity index (χ3n) is 5.00. The average Bonchev–Trinajstić information content (AvgIpc) is 2.42. The van der Waals surface area contributed by atoms with Crippen LogP contribution in [0.4, 0.5) is 0 Å². The first-order valence-corrected chi connectivity index (χ1v) is 11.3. The van der Waals surface area contributed by atoms with E-state index in [-0.39, 0.29) is 11.4 Å². The minimum Gasteiger partial charge on any atom is -0.327 e. The molecule has 0 aromatic heterocycles. The molecule has 1 aliphatic carbocycles. The molecular weight excluding hydrogens is 304 g/mol. The summed E-state index contributed by atoms with van der Waals surface area (Å²) in [5, 5.41) is -0.310. The van der Waals surface area contributed by atoms with Crippen LogP contribution in [0.25, 0.3) is 0 Å². The Kier molecular flexibility index (Phi) is 6.41. The Balaban J connectivity index is 2.00. The Bertz CT molecular complexity index is 427. The highest BCUT2D eigenvalue weighted by molar-refractivity contribution is 8.00. The van der Waals surface area contributed by atoms with Crippen molar-refractivity contribution in [3.63, 3.8) is 0 Å². The van der Waals surface area contributed by atoms with Gasteiger partial charge in [0.05, 0.1) is 0 Å². The lowest BCUT2D eigenvalue weighted by molar-refractivity contribution is 0.149. The molecule has 2 rings (SSSR count). The van der Waals surface area contributed by atoms with Crippen LogP contribution in [0.15, 0.2) is 0 Å². The van der Waals surface area contributed by atoms with Gasteiger partial charge in [0.15, 0.2) is 9.84 Å².